The maximum Gasteiger partial charge on any atom is 0.0874 e. The molecule has 2 atom stereocenters. The van der Waals surface area contributed by atoms with Gasteiger partial charge in [-0.05, 0) is 24.7 Å². The molecular weight excluding hydrogens is 244 g/mol. The molecule has 1 fully saturated rings. The van der Waals surface area contributed by atoms with Gasteiger partial charge in [-0.25, -0.2) is 0 Å². The summed E-state index contributed by atoms with van der Waals surface area (Å²) >= 11 is 7.31. The zero-order valence-corrected chi connectivity index (χ0v) is 8.15. The number of hydrogen-bond acceptors (Lipinski definition) is 0. The molecule has 0 unspecified atom stereocenters. The van der Waals surface area contributed by atoms with Crippen LogP contribution in [0.5, 0.6) is 0 Å². The Morgan fingerprint density at radius 2 is 1.56 bits per heavy atom. The predicted molar refractivity (Wildman–Crippen MR) is 45.9 cm³/mol. The van der Waals surface area contributed by atoms with E-state index in [2.05, 4.69) is 44.0 Å². The Labute approximate surface area is 72.0 Å². The smallest absolute Gasteiger partial charge is 0.0874 e. The van der Waals surface area contributed by atoms with Gasteiger partial charge in [-0.2, -0.15) is 0 Å². The number of fused-ring (bicyclic) bond motifs is 1. The quantitative estimate of drug-likeness (QED) is 0.459. The molecule has 0 bridgehead atoms. The van der Waals surface area contributed by atoms with Gasteiger partial charge in [0.25, 0.3) is 0 Å². The minimum absolute atomic E-state index is 0.309. The van der Waals surface area contributed by atoms with Crippen molar-refractivity contribution in [3.63, 3.8) is 0 Å². The van der Waals surface area contributed by atoms with Crippen LogP contribution in [0.3, 0.4) is 0 Å². The van der Waals surface area contributed by atoms with E-state index in [1.807, 2.05) is 0 Å². The van der Waals surface area contributed by atoms with Gasteiger partial charge in [-0.3, -0.25) is 0 Å². The van der Waals surface area contributed by atoms with E-state index in [0.717, 1.165) is 11.8 Å². The molecule has 2 rings (SSSR count). The third-order valence-corrected chi connectivity index (χ3v) is 4.66. The summed E-state index contributed by atoms with van der Waals surface area (Å²) in [4.78, 5) is 0. The Morgan fingerprint density at radius 1 is 1.11 bits per heavy atom. The molecule has 50 valence electrons. The standard InChI is InChI=1S/C7H8Br2/c8-7(9)5-3-1-2-4-6(5)7/h1-2,5-6H,3-4H2/t5-,6+. The van der Waals surface area contributed by atoms with Crippen LogP contribution < -0.4 is 0 Å². The van der Waals surface area contributed by atoms with E-state index in [9.17, 15) is 0 Å². The highest BCUT2D eigenvalue weighted by atomic mass is 79.9. The van der Waals surface area contributed by atoms with Crippen molar-refractivity contribution in [2.75, 3.05) is 0 Å². The van der Waals surface area contributed by atoms with Crippen LogP contribution in [0, 0.1) is 11.8 Å². The van der Waals surface area contributed by atoms with Crippen LogP contribution in [0.4, 0.5) is 0 Å². The molecule has 2 heteroatoms. The Hall–Kier alpha value is 0.700. The summed E-state index contributed by atoms with van der Waals surface area (Å²) in [5.41, 5.74) is 0. The maximum atomic E-state index is 3.66. The summed E-state index contributed by atoms with van der Waals surface area (Å²) in [6.07, 6.45) is 7.07. The first-order valence-electron chi connectivity index (χ1n) is 3.25. The number of rotatable bonds is 0. The normalized spacial score (nSPS) is 44.2. The molecule has 0 amide bonds. The molecule has 0 spiro atoms. The van der Waals surface area contributed by atoms with Gasteiger partial charge in [-0.15, -0.1) is 0 Å². The van der Waals surface area contributed by atoms with E-state index in [4.69, 9.17) is 0 Å². The van der Waals surface area contributed by atoms with Gasteiger partial charge in [0.15, 0.2) is 0 Å². The summed E-state index contributed by atoms with van der Waals surface area (Å²) in [6, 6.07) is 0. The number of hydrogen-bond donors (Lipinski definition) is 0. The maximum absolute atomic E-state index is 3.66. The molecule has 0 aliphatic heterocycles. The summed E-state index contributed by atoms with van der Waals surface area (Å²) in [5, 5.41) is 0. The molecule has 1 saturated carbocycles. The van der Waals surface area contributed by atoms with E-state index < -0.39 is 0 Å². The molecule has 0 aromatic carbocycles. The lowest BCUT2D eigenvalue weighted by molar-refractivity contribution is 0.689. The average molecular weight is 252 g/mol. The molecule has 2 aliphatic carbocycles. The summed E-state index contributed by atoms with van der Waals surface area (Å²) in [7, 11) is 0. The van der Waals surface area contributed by atoms with Crippen LogP contribution in [0.1, 0.15) is 12.8 Å². The Balaban J connectivity index is 2.14. The number of alkyl halides is 2. The van der Waals surface area contributed by atoms with Crippen molar-refractivity contribution in [1.29, 1.82) is 0 Å². The van der Waals surface area contributed by atoms with Crippen LogP contribution in [-0.2, 0) is 0 Å². The summed E-state index contributed by atoms with van der Waals surface area (Å²) in [6.45, 7) is 0. The fraction of sp³-hybridized carbons (Fsp3) is 0.714. The number of halogens is 2. The van der Waals surface area contributed by atoms with Crippen LogP contribution in [0.15, 0.2) is 12.2 Å². The fourth-order valence-electron chi connectivity index (χ4n) is 1.59. The monoisotopic (exact) mass is 250 g/mol. The second-order valence-corrected chi connectivity index (χ2v) is 6.52. The largest absolute Gasteiger partial charge is 0.0882 e. The van der Waals surface area contributed by atoms with Gasteiger partial charge < -0.3 is 0 Å². The van der Waals surface area contributed by atoms with Crippen molar-refractivity contribution in [3.8, 4) is 0 Å². The Bertz CT molecular complexity index is 144. The van der Waals surface area contributed by atoms with Gasteiger partial charge in [-0.1, -0.05) is 44.0 Å². The van der Waals surface area contributed by atoms with Crippen molar-refractivity contribution >= 4 is 31.9 Å². The van der Waals surface area contributed by atoms with E-state index in [0.29, 0.717) is 3.23 Å². The number of allylic oxidation sites excluding steroid dienone is 2. The van der Waals surface area contributed by atoms with E-state index in [1.54, 1.807) is 0 Å². The lowest BCUT2D eigenvalue weighted by Crippen LogP contribution is -1.84. The van der Waals surface area contributed by atoms with Crippen molar-refractivity contribution in [2.24, 2.45) is 11.8 Å². The lowest BCUT2D eigenvalue weighted by Gasteiger charge is -1.95. The lowest BCUT2D eigenvalue weighted by atomic mass is 10.1. The molecule has 0 saturated heterocycles. The van der Waals surface area contributed by atoms with Crippen LogP contribution >= 0.6 is 31.9 Å². The van der Waals surface area contributed by atoms with Crippen molar-refractivity contribution in [3.05, 3.63) is 12.2 Å². The first-order chi connectivity index (χ1) is 4.23. The first kappa shape index (κ1) is 6.41. The second kappa shape index (κ2) is 1.85. The molecule has 0 aromatic heterocycles. The molecule has 0 N–H and O–H groups in total. The van der Waals surface area contributed by atoms with Crippen molar-refractivity contribution in [1.82, 2.24) is 0 Å². The molecule has 2 aliphatic rings. The van der Waals surface area contributed by atoms with Gasteiger partial charge >= 0.3 is 0 Å². The minimum Gasteiger partial charge on any atom is -0.0882 e. The summed E-state index contributed by atoms with van der Waals surface area (Å²) < 4.78 is 0.309. The van der Waals surface area contributed by atoms with Gasteiger partial charge in [0.1, 0.15) is 0 Å². The minimum atomic E-state index is 0.309. The highest BCUT2D eigenvalue weighted by Gasteiger charge is 2.60. The van der Waals surface area contributed by atoms with Crippen molar-refractivity contribution < 1.29 is 0 Å². The van der Waals surface area contributed by atoms with Gasteiger partial charge in [0.2, 0.25) is 0 Å². The SMILES string of the molecule is BrC1(Br)[C@@H]2CC=CC[C@@H]21. The van der Waals surface area contributed by atoms with E-state index in [-0.39, 0.29) is 0 Å². The highest BCUT2D eigenvalue weighted by Crippen LogP contribution is 2.66. The third-order valence-electron chi connectivity index (χ3n) is 2.31. The third kappa shape index (κ3) is 0.829. The van der Waals surface area contributed by atoms with Crippen molar-refractivity contribution in [2.45, 2.75) is 16.1 Å². The zero-order chi connectivity index (χ0) is 6.48. The molecule has 0 heterocycles. The molecular formula is C7H8Br2. The first-order valence-corrected chi connectivity index (χ1v) is 4.84. The van der Waals surface area contributed by atoms with Gasteiger partial charge in [0.05, 0.1) is 3.23 Å². The van der Waals surface area contributed by atoms with Crippen LogP contribution in [0.25, 0.3) is 0 Å². The predicted octanol–water partition coefficient (Wildman–Crippen LogP) is 3.07. The van der Waals surface area contributed by atoms with Gasteiger partial charge in [0, 0.05) is 0 Å². The molecule has 0 aromatic rings. The second-order valence-electron chi connectivity index (χ2n) is 2.83. The van der Waals surface area contributed by atoms with E-state index in [1.165, 1.54) is 12.8 Å². The van der Waals surface area contributed by atoms with Crippen LogP contribution in [0.2, 0.25) is 0 Å². The zero-order valence-electron chi connectivity index (χ0n) is 4.98. The highest BCUT2D eigenvalue weighted by molar-refractivity contribution is 9.25. The fourth-order valence-corrected chi connectivity index (χ4v) is 3.35. The average Bonchev–Trinajstić information content (AvgIpc) is 2.39. The Morgan fingerprint density at radius 3 is 1.89 bits per heavy atom. The van der Waals surface area contributed by atoms with E-state index >= 15 is 0 Å². The molecule has 9 heavy (non-hydrogen) atoms. The molecule has 0 radical (unpaired) electrons. The van der Waals surface area contributed by atoms with Crippen LogP contribution in [-0.4, -0.2) is 3.23 Å². The summed E-state index contributed by atoms with van der Waals surface area (Å²) in [5.74, 6) is 1.73. The topological polar surface area (TPSA) is 0 Å². The Kier molecular flexibility index (Phi) is 1.32. The molecule has 0 nitrogen and oxygen atoms in total.